The highest BCUT2D eigenvalue weighted by Crippen LogP contribution is 2.47. The Hall–Kier alpha value is -2.74. The lowest BCUT2D eigenvalue weighted by Gasteiger charge is -2.28. The number of aromatic nitrogens is 2. The van der Waals surface area contributed by atoms with Gasteiger partial charge < -0.3 is 18.5 Å². The van der Waals surface area contributed by atoms with Crippen molar-refractivity contribution in [1.82, 2.24) is 14.6 Å². The molecule has 0 bridgehead atoms. The van der Waals surface area contributed by atoms with E-state index >= 15 is 0 Å². The van der Waals surface area contributed by atoms with E-state index in [0.29, 0.717) is 18.6 Å². The Balaban J connectivity index is 1.77. The van der Waals surface area contributed by atoms with Crippen molar-refractivity contribution in [2.24, 2.45) is 5.92 Å². The van der Waals surface area contributed by atoms with Crippen LogP contribution in [0.4, 0.5) is 0 Å². The zero-order valence-corrected chi connectivity index (χ0v) is 22.0. The Morgan fingerprint density at radius 2 is 2.06 bits per heavy atom. The van der Waals surface area contributed by atoms with Crippen LogP contribution in [0, 0.1) is 18.3 Å². The van der Waals surface area contributed by atoms with E-state index in [0.717, 1.165) is 0 Å². The maximum absolute atomic E-state index is 12.6. The van der Waals surface area contributed by atoms with E-state index in [4.69, 9.17) is 36.8 Å². The molecule has 10 nitrogen and oxygen atoms in total. The van der Waals surface area contributed by atoms with Gasteiger partial charge in [-0.3, -0.25) is 19.1 Å². The number of hydrogen-bond acceptors (Lipinski definition) is 8. The summed E-state index contributed by atoms with van der Waals surface area (Å²) in [6.07, 6.45) is 6.24. The van der Waals surface area contributed by atoms with Gasteiger partial charge in [-0.15, -0.1) is 6.42 Å². The summed E-state index contributed by atoms with van der Waals surface area (Å²) in [5.74, 6) is 2.22. The van der Waals surface area contributed by atoms with Crippen LogP contribution in [0.3, 0.4) is 0 Å². The zero-order chi connectivity index (χ0) is 26.3. The van der Waals surface area contributed by atoms with Gasteiger partial charge in [0.25, 0.3) is 5.56 Å². The van der Waals surface area contributed by atoms with Gasteiger partial charge in [0.1, 0.15) is 11.8 Å². The first kappa shape index (κ1) is 27.8. The molecule has 12 heteroatoms. The standard InChI is InChI=1S/C24H30N3O7PS/c1-5-17-14-19(33-22(17)27-13-12-21(28)25-24(27)30)15-31-35(36,34-18-10-8-7-9-11-18)26-20(6-2)23(29)32-16(3)4/h1,7-13,16-17,19-20,22H,6,14-15H2,2-4H3,(H,26,36)(H,25,28,30). The summed E-state index contributed by atoms with van der Waals surface area (Å²) >= 11 is 5.77. The summed E-state index contributed by atoms with van der Waals surface area (Å²) in [4.78, 5) is 38.5. The van der Waals surface area contributed by atoms with Crippen molar-refractivity contribution in [2.75, 3.05) is 6.61 Å². The van der Waals surface area contributed by atoms with Crippen molar-refractivity contribution in [2.45, 2.75) is 58.1 Å². The van der Waals surface area contributed by atoms with Crippen molar-refractivity contribution in [1.29, 1.82) is 0 Å². The van der Waals surface area contributed by atoms with E-state index in [9.17, 15) is 14.4 Å². The molecule has 0 spiro atoms. The van der Waals surface area contributed by atoms with Crippen LogP contribution in [0.25, 0.3) is 0 Å². The Morgan fingerprint density at radius 3 is 2.67 bits per heavy atom. The van der Waals surface area contributed by atoms with Crippen LogP contribution < -0.4 is 20.9 Å². The summed E-state index contributed by atoms with van der Waals surface area (Å²) in [5, 5.41) is 3.06. The number of H-pyrrole nitrogens is 1. The van der Waals surface area contributed by atoms with E-state index in [-0.39, 0.29) is 12.7 Å². The van der Waals surface area contributed by atoms with Crippen LogP contribution in [0.15, 0.2) is 52.2 Å². The van der Waals surface area contributed by atoms with Gasteiger partial charge >= 0.3 is 18.3 Å². The number of esters is 1. The molecule has 2 heterocycles. The number of terminal acetylenes is 1. The number of hydrogen-bond donors (Lipinski definition) is 2. The summed E-state index contributed by atoms with van der Waals surface area (Å²) < 4.78 is 24.7. The molecule has 1 aliphatic heterocycles. The number of carbonyl (C=O) groups excluding carboxylic acids is 1. The molecule has 2 N–H and O–H groups in total. The van der Waals surface area contributed by atoms with E-state index in [2.05, 4.69) is 16.0 Å². The van der Waals surface area contributed by atoms with Crippen LogP contribution in [-0.4, -0.2) is 40.4 Å². The molecule has 5 atom stereocenters. The van der Waals surface area contributed by atoms with Gasteiger partial charge in [-0.2, -0.15) is 0 Å². The molecule has 0 aliphatic carbocycles. The number of nitrogens with one attached hydrogen (secondary N) is 2. The third kappa shape index (κ3) is 7.38. The minimum absolute atomic E-state index is 0.000439. The quantitative estimate of drug-likeness (QED) is 0.254. The Kier molecular flexibility index (Phi) is 9.65. The van der Waals surface area contributed by atoms with Crippen LogP contribution in [0.2, 0.25) is 0 Å². The van der Waals surface area contributed by atoms with Gasteiger partial charge in [0.05, 0.1) is 24.7 Å². The highest BCUT2D eigenvalue weighted by Gasteiger charge is 2.38. The molecule has 36 heavy (non-hydrogen) atoms. The maximum Gasteiger partial charge on any atom is 0.330 e. The number of aromatic amines is 1. The fourth-order valence-electron chi connectivity index (χ4n) is 3.60. The van der Waals surface area contributed by atoms with Crippen molar-refractivity contribution in [3.05, 3.63) is 63.4 Å². The Morgan fingerprint density at radius 1 is 1.33 bits per heavy atom. The monoisotopic (exact) mass is 535 g/mol. The lowest BCUT2D eigenvalue weighted by atomic mass is 10.0. The smallest absolute Gasteiger partial charge is 0.330 e. The molecule has 3 rings (SSSR count). The molecule has 5 unspecified atom stereocenters. The summed E-state index contributed by atoms with van der Waals surface area (Å²) in [7, 11) is 0. The van der Waals surface area contributed by atoms with E-state index in [1.165, 1.54) is 16.8 Å². The van der Waals surface area contributed by atoms with Gasteiger partial charge in [-0.1, -0.05) is 31.0 Å². The molecule has 1 aliphatic rings. The predicted octanol–water partition coefficient (Wildman–Crippen LogP) is 2.71. The van der Waals surface area contributed by atoms with E-state index < -0.39 is 48.2 Å². The second kappa shape index (κ2) is 12.5. The summed E-state index contributed by atoms with van der Waals surface area (Å²) in [5.41, 5.74) is -1.14. The van der Waals surface area contributed by atoms with Crippen molar-refractivity contribution in [3.8, 4) is 18.1 Å². The molecule has 0 radical (unpaired) electrons. The molecule has 1 aromatic heterocycles. The van der Waals surface area contributed by atoms with Crippen LogP contribution in [-0.2, 0) is 30.6 Å². The highest BCUT2D eigenvalue weighted by atomic mass is 32.5. The molecule has 1 fully saturated rings. The number of benzene rings is 1. The minimum Gasteiger partial charge on any atom is -0.462 e. The summed E-state index contributed by atoms with van der Waals surface area (Å²) in [6.45, 7) is 2.09. The summed E-state index contributed by atoms with van der Waals surface area (Å²) in [6, 6.07) is 9.38. The average Bonchev–Trinajstić information content (AvgIpc) is 3.24. The first-order valence-electron chi connectivity index (χ1n) is 11.5. The minimum atomic E-state index is -3.26. The molecular formula is C24H30N3O7PS. The fourth-order valence-corrected chi connectivity index (χ4v) is 6.03. The number of rotatable bonds is 11. The van der Waals surface area contributed by atoms with Crippen LogP contribution in [0.5, 0.6) is 5.75 Å². The molecule has 0 amide bonds. The van der Waals surface area contributed by atoms with Gasteiger partial charge in [0.2, 0.25) is 0 Å². The third-order valence-corrected chi connectivity index (χ3v) is 7.71. The molecule has 2 aromatic rings. The zero-order valence-electron chi connectivity index (χ0n) is 20.3. The van der Waals surface area contributed by atoms with Gasteiger partial charge in [-0.25, -0.2) is 9.88 Å². The number of para-hydroxylation sites is 1. The first-order valence-corrected chi connectivity index (χ1v) is 14.2. The molecular weight excluding hydrogens is 505 g/mol. The van der Waals surface area contributed by atoms with Gasteiger partial charge in [0.15, 0.2) is 6.23 Å². The SMILES string of the molecule is C#CC1CC(COP(=S)(NC(CC)C(=O)OC(C)C)Oc2ccccc2)OC1n1ccc(=O)[nH]c1=O. The predicted molar refractivity (Wildman–Crippen MR) is 138 cm³/mol. The molecule has 0 saturated carbocycles. The topological polar surface area (TPSA) is 121 Å². The normalized spacial score (nSPS) is 21.9. The molecule has 1 saturated heterocycles. The second-order valence-electron chi connectivity index (χ2n) is 8.45. The van der Waals surface area contributed by atoms with E-state index in [1.807, 2.05) is 13.0 Å². The first-order chi connectivity index (χ1) is 17.1. The van der Waals surface area contributed by atoms with Crippen molar-refractivity contribution in [3.63, 3.8) is 0 Å². The number of ether oxygens (including phenoxy) is 2. The van der Waals surface area contributed by atoms with Gasteiger partial charge in [0, 0.05) is 12.3 Å². The highest BCUT2D eigenvalue weighted by molar-refractivity contribution is 8.09. The lowest BCUT2D eigenvalue weighted by molar-refractivity contribution is -0.149. The fraction of sp³-hybridized carbons (Fsp3) is 0.458. The lowest BCUT2D eigenvalue weighted by Crippen LogP contribution is -2.38. The number of carbonyl (C=O) groups is 1. The second-order valence-corrected chi connectivity index (χ2v) is 11.6. The van der Waals surface area contributed by atoms with Crippen LogP contribution >= 0.6 is 6.64 Å². The van der Waals surface area contributed by atoms with E-state index in [1.54, 1.807) is 38.1 Å². The Bertz CT molecular complexity index is 1240. The Labute approximate surface area is 214 Å². The average molecular weight is 536 g/mol. The van der Waals surface area contributed by atoms with Gasteiger partial charge in [-0.05, 0) is 50.6 Å². The van der Waals surface area contributed by atoms with Crippen molar-refractivity contribution >= 4 is 24.4 Å². The van der Waals surface area contributed by atoms with Crippen LogP contribution in [0.1, 0.15) is 39.8 Å². The molecule has 1 aromatic carbocycles. The number of nitrogens with zero attached hydrogens (tertiary/aromatic N) is 1. The maximum atomic E-state index is 12.6. The third-order valence-electron chi connectivity index (χ3n) is 5.29. The largest absolute Gasteiger partial charge is 0.462 e. The van der Waals surface area contributed by atoms with Crippen molar-refractivity contribution < 1.29 is 23.3 Å². The molecule has 194 valence electrons.